The highest BCUT2D eigenvalue weighted by Gasteiger charge is 2.24. The molecule has 43 heavy (non-hydrogen) atoms. The van der Waals surface area contributed by atoms with Crippen LogP contribution in [0.15, 0.2) is 97.1 Å². The Morgan fingerprint density at radius 1 is 0.791 bits per heavy atom. The number of amides is 2. The Hall–Kier alpha value is -5.31. The summed E-state index contributed by atoms with van der Waals surface area (Å²) in [6.45, 7) is 0. The first-order valence-electron chi connectivity index (χ1n) is 14.1. The molecule has 0 aromatic heterocycles. The summed E-state index contributed by atoms with van der Waals surface area (Å²) >= 11 is 0. The Labute approximate surface area is 249 Å². The van der Waals surface area contributed by atoms with Crippen molar-refractivity contribution in [2.45, 2.75) is 44.2 Å². The number of nitrogens with two attached hydrogens (primary N) is 1. The van der Waals surface area contributed by atoms with Crippen molar-refractivity contribution >= 4 is 29.2 Å². The Morgan fingerprint density at radius 3 is 2.12 bits per heavy atom. The van der Waals surface area contributed by atoms with Gasteiger partial charge in [-0.05, 0) is 98.0 Å². The summed E-state index contributed by atoms with van der Waals surface area (Å²) in [6.07, 6.45) is 3.54. The van der Waals surface area contributed by atoms with E-state index < -0.39 is 5.97 Å². The lowest BCUT2D eigenvalue weighted by atomic mass is 9.92. The molecule has 4 aromatic carbocycles. The fourth-order valence-electron chi connectivity index (χ4n) is 5.02. The maximum Gasteiger partial charge on any atom is 0.337 e. The molecule has 5 rings (SSSR count). The number of carbonyl (C=O) groups excluding carboxylic acids is 2. The second-order valence-electron chi connectivity index (χ2n) is 10.5. The maximum atomic E-state index is 12.5. The zero-order chi connectivity index (χ0) is 30.2. The zero-order valence-corrected chi connectivity index (χ0v) is 23.5. The predicted molar refractivity (Wildman–Crippen MR) is 164 cm³/mol. The largest absolute Gasteiger partial charge is 0.490 e. The summed E-state index contributed by atoms with van der Waals surface area (Å²) in [5, 5.41) is 15.1. The summed E-state index contributed by atoms with van der Waals surface area (Å²) in [5.41, 5.74) is 8.00. The Bertz CT molecular complexity index is 1580. The molecule has 9 heteroatoms. The molecule has 1 fully saturated rings. The van der Waals surface area contributed by atoms with Gasteiger partial charge in [-0.3, -0.25) is 9.59 Å². The molecule has 9 nitrogen and oxygen atoms in total. The average molecular weight is 580 g/mol. The van der Waals surface area contributed by atoms with Crippen LogP contribution in [0.1, 0.15) is 52.0 Å². The van der Waals surface area contributed by atoms with E-state index in [0.29, 0.717) is 22.7 Å². The van der Waals surface area contributed by atoms with Gasteiger partial charge in [0.1, 0.15) is 17.2 Å². The molecular formula is C34H33N3O6. The van der Waals surface area contributed by atoms with Gasteiger partial charge in [-0.2, -0.15) is 0 Å². The number of hydrogen-bond acceptors (Lipinski definition) is 6. The maximum absolute atomic E-state index is 12.5. The van der Waals surface area contributed by atoms with Crippen molar-refractivity contribution in [1.29, 1.82) is 0 Å². The normalized spacial score (nSPS) is 16.1. The molecule has 1 saturated carbocycles. The van der Waals surface area contributed by atoms with E-state index in [2.05, 4.69) is 10.6 Å². The van der Waals surface area contributed by atoms with Gasteiger partial charge in [0.15, 0.2) is 0 Å². The van der Waals surface area contributed by atoms with Crippen molar-refractivity contribution in [3.8, 4) is 17.2 Å². The lowest BCUT2D eigenvalue weighted by molar-refractivity contribution is -0.115. The highest BCUT2D eigenvalue weighted by Crippen LogP contribution is 2.28. The summed E-state index contributed by atoms with van der Waals surface area (Å²) in [7, 11) is 0. The van der Waals surface area contributed by atoms with Crippen LogP contribution in [0.4, 0.5) is 11.4 Å². The number of benzene rings is 4. The van der Waals surface area contributed by atoms with E-state index in [1.807, 2.05) is 24.3 Å². The first-order valence-corrected chi connectivity index (χ1v) is 14.1. The zero-order valence-electron chi connectivity index (χ0n) is 23.5. The Balaban J connectivity index is 1.06. The van der Waals surface area contributed by atoms with Crippen LogP contribution in [-0.4, -0.2) is 35.0 Å². The van der Waals surface area contributed by atoms with E-state index in [1.54, 1.807) is 66.7 Å². The van der Waals surface area contributed by atoms with E-state index in [4.69, 9.17) is 15.2 Å². The number of rotatable bonds is 10. The summed E-state index contributed by atoms with van der Waals surface area (Å²) < 4.78 is 12.1. The van der Waals surface area contributed by atoms with Gasteiger partial charge < -0.3 is 30.9 Å². The molecule has 0 aliphatic heterocycles. The molecule has 1 aliphatic carbocycles. The Kier molecular flexibility index (Phi) is 9.21. The molecule has 0 heterocycles. The van der Waals surface area contributed by atoms with Gasteiger partial charge in [0.05, 0.1) is 23.8 Å². The molecule has 1 aliphatic rings. The van der Waals surface area contributed by atoms with Crippen molar-refractivity contribution in [2.75, 3.05) is 11.1 Å². The van der Waals surface area contributed by atoms with Crippen LogP contribution >= 0.6 is 0 Å². The van der Waals surface area contributed by atoms with Gasteiger partial charge in [0, 0.05) is 17.3 Å². The second kappa shape index (κ2) is 13.6. The van der Waals surface area contributed by atoms with E-state index in [1.165, 1.54) is 6.07 Å². The third kappa shape index (κ3) is 8.13. The number of ether oxygens (including phenoxy) is 2. The molecular weight excluding hydrogens is 546 g/mol. The fraction of sp³-hybridized carbons (Fsp3) is 0.206. The number of carboxylic acid groups (broad SMARTS) is 1. The minimum absolute atomic E-state index is 0.0412. The number of nitrogen functional groups attached to an aromatic ring is 1. The number of nitrogens with one attached hydrogen (secondary N) is 2. The third-order valence-electron chi connectivity index (χ3n) is 7.24. The molecule has 4 aromatic rings. The monoisotopic (exact) mass is 579 g/mol. The van der Waals surface area contributed by atoms with Crippen LogP contribution in [0.2, 0.25) is 0 Å². The molecule has 0 atom stereocenters. The van der Waals surface area contributed by atoms with Crippen LogP contribution in [0.3, 0.4) is 0 Å². The number of hydrogen-bond donors (Lipinski definition) is 4. The topological polar surface area (TPSA) is 140 Å². The molecule has 5 N–H and O–H groups in total. The highest BCUT2D eigenvalue weighted by atomic mass is 16.5. The molecule has 0 unspecified atom stereocenters. The number of anilines is 2. The lowest BCUT2D eigenvalue weighted by Crippen LogP contribution is -2.39. The summed E-state index contributed by atoms with van der Waals surface area (Å²) in [5.74, 6) is 0.507. The molecule has 0 radical (unpaired) electrons. The van der Waals surface area contributed by atoms with Gasteiger partial charge >= 0.3 is 5.97 Å². The van der Waals surface area contributed by atoms with Gasteiger partial charge in [-0.1, -0.05) is 30.3 Å². The standard InChI is InChI=1S/C34H33N3O6/c35-24-5-3-4-23(21-24)33(39)36-25-10-14-27(15-11-25)43-29-18-16-28(17-19-29)42-26-12-8-22(9-13-26)20-32(38)37-31-7-2-1-6-30(31)34(40)41/h1-9,12-13,16-19,21,25,27H,10-11,14-15,20,35H2,(H,36,39)(H,37,38)(H,40,41). The lowest BCUT2D eigenvalue weighted by Gasteiger charge is -2.29. The quantitative estimate of drug-likeness (QED) is 0.167. The van der Waals surface area contributed by atoms with Gasteiger partial charge in [-0.15, -0.1) is 0 Å². The van der Waals surface area contributed by atoms with E-state index >= 15 is 0 Å². The van der Waals surface area contributed by atoms with Crippen molar-refractivity contribution in [1.82, 2.24) is 5.32 Å². The van der Waals surface area contributed by atoms with Gasteiger partial charge in [0.2, 0.25) is 5.91 Å². The first-order chi connectivity index (χ1) is 20.8. The van der Waals surface area contributed by atoms with E-state index in [0.717, 1.165) is 37.0 Å². The molecule has 2 amide bonds. The van der Waals surface area contributed by atoms with Crippen LogP contribution < -0.4 is 25.8 Å². The van der Waals surface area contributed by atoms with Gasteiger partial charge in [-0.25, -0.2) is 4.79 Å². The summed E-state index contributed by atoms with van der Waals surface area (Å²) in [4.78, 5) is 36.3. The van der Waals surface area contributed by atoms with E-state index in [9.17, 15) is 19.5 Å². The van der Waals surface area contributed by atoms with Crippen LogP contribution in [0.25, 0.3) is 0 Å². The fourth-order valence-corrected chi connectivity index (χ4v) is 5.02. The third-order valence-corrected chi connectivity index (χ3v) is 7.24. The minimum Gasteiger partial charge on any atom is -0.490 e. The number of aromatic carboxylic acids is 1. The number of carboxylic acids is 1. The summed E-state index contributed by atoms with van der Waals surface area (Å²) in [6, 6.07) is 28.0. The van der Waals surface area contributed by atoms with Crippen molar-refractivity contribution in [2.24, 2.45) is 0 Å². The van der Waals surface area contributed by atoms with Gasteiger partial charge in [0.25, 0.3) is 5.91 Å². The van der Waals surface area contributed by atoms with Crippen molar-refractivity contribution < 1.29 is 29.0 Å². The molecule has 220 valence electrons. The van der Waals surface area contributed by atoms with Crippen LogP contribution in [0.5, 0.6) is 17.2 Å². The van der Waals surface area contributed by atoms with E-state index in [-0.39, 0.29) is 41.6 Å². The molecule has 0 spiro atoms. The number of carbonyl (C=O) groups is 3. The SMILES string of the molecule is Nc1cccc(C(=O)NC2CCC(Oc3ccc(Oc4ccc(CC(=O)Nc5ccccc5C(=O)O)cc4)cc3)CC2)c1. The van der Waals surface area contributed by atoms with Crippen LogP contribution in [-0.2, 0) is 11.2 Å². The second-order valence-corrected chi connectivity index (χ2v) is 10.5. The van der Waals surface area contributed by atoms with Crippen LogP contribution in [0, 0.1) is 0 Å². The Morgan fingerprint density at radius 2 is 1.44 bits per heavy atom. The minimum atomic E-state index is -1.10. The number of para-hydroxylation sites is 1. The average Bonchev–Trinajstić information content (AvgIpc) is 3.00. The highest BCUT2D eigenvalue weighted by molar-refractivity contribution is 6.01. The molecule has 0 saturated heterocycles. The first kappa shape index (κ1) is 29.2. The predicted octanol–water partition coefficient (Wildman–Crippen LogP) is 6.06. The smallest absolute Gasteiger partial charge is 0.337 e. The van der Waals surface area contributed by atoms with Crippen molar-refractivity contribution in [3.63, 3.8) is 0 Å². The molecule has 0 bridgehead atoms. The van der Waals surface area contributed by atoms with Crippen molar-refractivity contribution in [3.05, 3.63) is 114 Å².